The zero-order chi connectivity index (χ0) is 20.6. The molecule has 2 amide bonds. The molecule has 2 fully saturated rings. The monoisotopic (exact) mass is 424 g/mol. The number of halogens is 3. The second kappa shape index (κ2) is 7.75. The molecule has 1 aromatic carbocycles. The minimum Gasteiger partial charge on any atom is -0.346 e. The van der Waals surface area contributed by atoms with E-state index in [0.29, 0.717) is 16.4 Å². The number of nitrogens with zero attached hydrogens (tertiary/aromatic N) is 2. The van der Waals surface area contributed by atoms with Gasteiger partial charge >= 0.3 is 12.1 Å². The Morgan fingerprint density at radius 2 is 2.00 bits per heavy atom. The SMILES string of the molecule is O=C(N[C@@H]1C[C@H]2CCN(C2)C1)c1ncc(-c2ccccc2NC(=O)C(F)(F)F)s1. The summed E-state index contributed by atoms with van der Waals surface area (Å²) in [6, 6.07) is 6.20. The predicted octanol–water partition coefficient (Wildman–Crippen LogP) is 3.13. The quantitative estimate of drug-likeness (QED) is 0.791. The molecule has 10 heteroatoms. The maximum atomic E-state index is 12.6. The summed E-state index contributed by atoms with van der Waals surface area (Å²) in [6.45, 7) is 2.99. The molecule has 0 radical (unpaired) electrons. The van der Waals surface area contributed by atoms with Crippen LogP contribution in [0.3, 0.4) is 0 Å². The Balaban J connectivity index is 1.48. The van der Waals surface area contributed by atoms with Crippen LogP contribution in [-0.4, -0.2) is 53.6 Å². The van der Waals surface area contributed by atoms with Crippen molar-refractivity contribution in [2.24, 2.45) is 5.92 Å². The fourth-order valence-electron chi connectivity index (χ4n) is 3.92. The molecule has 2 aliphatic heterocycles. The fourth-order valence-corrected chi connectivity index (χ4v) is 4.77. The Labute approximate surface area is 169 Å². The lowest BCUT2D eigenvalue weighted by molar-refractivity contribution is -0.167. The number of piperidine rings is 1. The van der Waals surface area contributed by atoms with Crippen molar-refractivity contribution in [2.45, 2.75) is 25.1 Å². The first-order valence-electron chi connectivity index (χ1n) is 9.26. The van der Waals surface area contributed by atoms with Gasteiger partial charge in [-0.05, 0) is 31.4 Å². The van der Waals surface area contributed by atoms with Crippen molar-refractivity contribution in [3.8, 4) is 10.4 Å². The van der Waals surface area contributed by atoms with Gasteiger partial charge in [0.25, 0.3) is 5.91 Å². The Hall–Kier alpha value is -2.46. The van der Waals surface area contributed by atoms with E-state index in [2.05, 4.69) is 15.2 Å². The van der Waals surface area contributed by atoms with Crippen molar-refractivity contribution in [3.63, 3.8) is 0 Å². The van der Waals surface area contributed by atoms with Gasteiger partial charge in [-0.15, -0.1) is 11.3 Å². The number of aromatic nitrogens is 1. The molecule has 2 aromatic rings. The number of amides is 2. The van der Waals surface area contributed by atoms with Gasteiger partial charge in [-0.25, -0.2) is 4.98 Å². The van der Waals surface area contributed by atoms with E-state index in [9.17, 15) is 22.8 Å². The number of thiazole rings is 1. The minimum absolute atomic E-state index is 0.0158. The van der Waals surface area contributed by atoms with E-state index in [1.54, 1.807) is 12.1 Å². The maximum absolute atomic E-state index is 12.6. The molecule has 3 heterocycles. The molecular formula is C19H19F3N4O2S. The normalized spacial score (nSPS) is 23.6. The van der Waals surface area contributed by atoms with Crippen molar-refractivity contribution < 1.29 is 22.8 Å². The predicted molar refractivity (Wildman–Crippen MR) is 103 cm³/mol. The first-order valence-corrected chi connectivity index (χ1v) is 10.1. The van der Waals surface area contributed by atoms with Gasteiger partial charge in [0, 0.05) is 36.6 Å². The number of benzene rings is 1. The number of anilines is 1. The molecule has 6 nitrogen and oxygen atoms in total. The summed E-state index contributed by atoms with van der Waals surface area (Å²) in [7, 11) is 0. The van der Waals surface area contributed by atoms with E-state index in [-0.39, 0.29) is 22.6 Å². The van der Waals surface area contributed by atoms with Crippen LogP contribution in [0, 0.1) is 5.92 Å². The highest BCUT2D eigenvalue weighted by atomic mass is 32.1. The van der Waals surface area contributed by atoms with Crippen LogP contribution in [0.4, 0.5) is 18.9 Å². The van der Waals surface area contributed by atoms with Gasteiger partial charge < -0.3 is 15.5 Å². The van der Waals surface area contributed by atoms with Crippen LogP contribution in [-0.2, 0) is 4.79 Å². The van der Waals surface area contributed by atoms with Crippen LogP contribution in [0.15, 0.2) is 30.5 Å². The van der Waals surface area contributed by atoms with Crippen molar-refractivity contribution in [2.75, 3.05) is 25.0 Å². The van der Waals surface area contributed by atoms with Gasteiger partial charge in [0.15, 0.2) is 5.01 Å². The molecule has 0 aliphatic carbocycles. The van der Waals surface area contributed by atoms with E-state index in [4.69, 9.17) is 0 Å². The first kappa shape index (κ1) is 19.8. The third kappa shape index (κ3) is 4.43. The second-order valence-electron chi connectivity index (χ2n) is 7.35. The lowest BCUT2D eigenvalue weighted by Crippen LogP contribution is -2.46. The van der Waals surface area contributed by atoms with E-state index >= 15 is 0 Å². The number of nitrogens with one attached hydrogen (secondary N) is 2. The number of alkyl halides is 3. The molecule has 2 N–H and O–H groups in total. The zero-order valence-electron chi connectivity index (χ0n) is 15.3. The van der Waals surface area contributed by atoms with Crippen molar-refractivity contribution >= 4 is 28.8 Å². The van der Waals surface area contributed by atoms with Crippen LogP contribution in [0.1, 0.15) is 22.6 Å². The highest BCUT2D eigenvalue weighted by molar-refractivity contribution is 7.17. The zero-order valence-corrected chi connectivity index (χ0v) is 16.1. The Kier molecular flexibility index (Phi) is 5.30. The molecule has 3 atom stereocenters. The Bertz CT molecular complexity index is 918. The van der Waals surface area contributed by atoms with Gasteiger partial charge in [-0.2, -0.15) is 13.2 Å². The number of fused-ring (bicyclic) bond motifs is 2. The molecule has 154 valence electrons. The maximum Gasteiger partial charge on any atom is 0.471 e. The van der Waals surface area contributed by atoms with Crippen LogP contribution >= 0.6 is 11.3 Å². The molecule has 29 heavy (non-hydrogen) atoms. The molecule has 1 unspecified atom stereocenters. The summed E-state index contributed by atoms with van der Waals surface area (Å²) in [4.78, 5) is 30.9. The number of para-hydroxylation sites is 1. The summed E-state index contributed by atoms with van der Waals surface area (Å²) in [5.74, 6) is -1.72. The number of carbonyl (C=O) groups is 2. The van der Waals surface area contributed by atoms with Gasteiger partial charge in [0.05, 0.1) is 4.88 Å². The standard InChI is InChI=1S/C19H19F3N4O2S/c20-19(21,22)18(28)25-14-4-2-1-3-13(14)15-8-23-17(29-15)16(27)24-12-7-11-5-6-26(9-11)10-12/h1-4,8,11-12H,5-7,9-10H2,(H,24,27)(H,25,28)/t11-,12-/m1/s1. The minimum atomic E-state index is -4.98. The van der Waals surface area contributed by atoms with Crippen molar-refractivity contribution in [3.05, 3.63) is 35.5 Å². The highest BCUT2D eigenvalue weighted by Gasteiger charge is 2.39. The molecular weight excluding hydrogens is 405 g/mol. The van der Waals surface area contributed by atoms with Crippen LogP contribution in [0.2, 0.25) is 0 Å². The smallest absolute Gasteiger partial charge is 0.346 e. The topological polar surface area (TPSA) is 74.3 Å². The van der Waals surface area contributed by atoms with Gasteiger partial charge in [-0.1, -0.05) is 18.2 Å². The van der Waals surface area contributed by atoms with Crippen molar-refractivity contribution in [1.29, 1.82) is 0 Å². The summed E-state index contributed by atoms with van der Waals surface area (Å²) in [6.07, 6.45) is -1.44. The Morgan fingerprint density at radius 1 is 1.21 bits per heavy atom. The molecule has 4 rings (SSSR count). The molecule has 2 aliphatic rings. The van der Waals surface area contributed by atoms with Gasteiger partial charge in [-0.3, -0.25) is 9.59 Å². The number of hydrogen-bond donors (Lipinski definition) is 2. The average molecular weight is 424 g/mol. The second-order valence-corrected chi connectivity index (χ2v) is 8.38. The molecule has 0 saturated carbocycles. The highest BCUT2D eigenvalue weighted by Crippen LogP contribution is 2.33. The fraction of sp³-hybridized carbons (Fsp3) is 0.421. The summed E-state index contributed by atoms with van der Waals surface area (Å²) >= 11 is 1.08. The molecule has 2 saturated heterocycles. The van der Waals surface area contributed by atoms with E-state index in [1.165, 1.54) is 18.3 Å². The van der Waals surface area contributed by atoms with E-state index < -0.39 is 12.1 Å². The third-order valence-corrected chi connectivity index (χ3v) is 6.23. The largest absolute Gasteiger partial charge is 0.471 e. The number of carbonyl (C=O) groups excluding carboxylic acids is 2. The summed E-state index contributed by atoms with van der Waals surface area (Å²) in [5, 5.41) is 5.14. The lowest BCUT2D eigenvalue weighted by Gasteiger charge is -2.30. The Morgan fingerprint density at radius 3 is 2.76 bits per heavy atom. The van der Waals surface area contributed by atoms with Gasteiger partial charge in [0.2, 0.25) is 0 Å². The summed E-state index contributed by atoms with van der Waals surface area (Å²) in [5.41, 5.74) is 0.394. The lowest BCUT2D eigenvalue weighted by atomic mass is 9.97. The van der Waals surface area contributed by atoms with E-state index in [1.807, 2.05) is 5.32 Å². The van der Waals surface area contributed by atoms with Crippen molar-refractivity contribution in [1.82, 2.24) is 15.2 Å². The van der Waals surface area contributed by atoms with Crippen LogP contribution in [0.5, 0.6) is 0 Å². The number of hydrogen-bond acceptors (Lipinski definition) is 5. The van der Waals surface area contributed by atoms with Crippen LogP contribution in [0.25, 0.3) is 10.4 Å². The first-order chi connectivity index (χ1) is 13.8. The molecule has 0 spiro atoms. The molecule has 1 aromatic heterocycles. The van der Waals surface area contributed by atoms with Gasteiger partial charge in [0.1, 0.15) is 0 Å². The summed E-state index contributed by atoms with van der Waals surface area (Å²) < 4.78 is 37.7. The number of rotatable bonds is 4. The third-order valence-electron chi connectivity index (χ3n) is 5.20. The van der Waals surface area contributed by atoms with E-state index in [0.717, 1.165) is 43.8 Å². The molecule has 2 bridgehead atoms. The van der Waals surface area contributed by atoms with Crippen LogP contribution < -0.4 is 10.6 Å². The average Bonchev–Trinajstić information content (AvgIpc) is 3.28.